The number of rotatable bonds is 11. The molecule has 0 amide bonds. The first-order valence-corrected chi connectivity index (χ1v) is 14.8. The third-order valence-electron chi connectivity index (χ3n) is 8.06. The van der Waals surface area contributed by atoms with E-state index in [1.165, 1.54) is 48.9 Å². The van der Waals surface area contributed by atoms with E-state index >= 15 is 0 Å². The highest BCUT2D eigenvalue weighted by Crippen LogP contribution is 2.37. The number of aromatic amines is 1. The van der Waals surface area contributed by atoms with Crippen molar-refractivity contribution < 1.29 is 0 Å². The van der Waals surface area contributed by atoms with Gasteiger partial charge < -0.3 is 4.57 Å². The lowest BCUT2D eigenvalue weighted by molar-refractivity contribution is 0.433. The predicted molar refractivity (Wildman–Crippen MR) is 156 cm³/mol. The van der Waals surface area contributed by atoms with E-state index in [0.717, 1.165) is 61.7 Å². The summed E-state index contributed by atoms with van der Waals surface area (Å²) in [7, 11) is 0. The summed E-state index contributed by atoms with van der Waals surface area (Å²) in [6, 6.07) is 23.8. The largest absolute Gasteiger partial charge is 0.310 e. The number of hydrogen-bond acceptors (Lipinski definition) is 5. The predicted octanol–water partition coefficient (Wildman–Crippen LogP) is 6.47. The Morgan fingerprint density at radius 3 is 2.42 bits per heavy atom. The Morgan fingerprint density at radius 2 is 1.68 bits per heavy atom. The molecule has 3 aromatic heterocycles. The van der Waals surface area contributed by atoms with Crippen molar-refractivity contribution in [1.82, 2.24) is 40.0 Å². The highest BCUT2D eigenvalue weighted by Gasteiger charge is 2.23. The second-order valence-corrected chi connectivity index (χ2v) is 10.9. The zero-order valence-corrected chi connectivity index (χ0v) is 23.3. The molecule has 0 bridgehead atoms. The zero-order chi connectivity index (χ0) is 27.1. The second kappa shape index (κ2) is 12.4. The summed E-state index contributed by atoms with van der Waals surface area (Å²) >= 11 is 0. The molecule has 206 valence electrons. The Hall–Kier alpha value is -4.07. The third-order valence-corrected chi connectivity index (χ3v) is 8.06. The molecule has 0 radical (unpaired) electrons. The van der Waals surface area contributed by atoms with Crippen LogP contribution in [0.1, 0.15) is 86.3 Å². The van der Waals surface area contributed by atoms with E-state index in [2.05, 4.69) is 104 Å². The normalized spacial score (nSPS) is 14.1. The van der Waals surface area contributed by atoms with Crippen LogP contribution in [0.15, 0.2) is 66.7 Å². The molecule has 3 heterocycles. The molecule has 8 nitrogen and oxygen atoms in total. The van der Waals surface area contributed by atoms with Gasteiger partial charge in [-0.15, -0.1) is 10.2 Å². The molecule has 1 aliphatic carbocycles. The maximum absolute atomic E-state index is 4.95. The van der Waals surface area contributed by atoms with Gasteiger partial charge in [0.05, 0.1) is 12.2 Å². The van der Waals surface area contributed by atoms with Crippen LogP contribution in [0.2, 0.25) is 0 Å². The van der Waals surface area contributed by atoms with E-state index < -0.39 is 0 Å². The number of nitrogens with one attached hydrogen (secondary N) is 1. The molecule has 40 heavy (non-hydrogen) atoms. The zero-order valence-electron chi connectivity index (χ0n) is 23.3. The van der Waals surface area contributed by atoms with Gasteiger partial charge >= 0.3 is 0 Å². The van der Waals surface area contributed by atoms with Gasteiger partial charge in [-0.3, -0.25) is 0 Å². The van der Waals surface area contributed by atoms with Crippen LogP contribution in [0.5, 0.6) is 0 Å². The highest BCUT2D eigenvalue weighted by molar-refractivity contribution is 5.57. The molecule has 0 spiro atoms. The fourth-order valence-corrected chi connectivity index (χ4v) is 5.91. The number of aryl methyl sites for hydroxylation is 3. The highest BCUT2D eigenvalue weighted by atomic mass is 15.5. The minimum Gasteiger partial charge on any atom is -0.310 e. The first kappa shape index (κ1) is 26.2. The molecule has 1 aliphatic rings. The summed E-state index contributed by atoms with van der Waals surface area (Å²) in [5.74, 6) is 3.19. The first-order chi connectivity index (χ1) is 19.8. The topological polar surface area (TPSA) is 90.1 Å². The van der Waals surface area contributed by atoms with E-state index in [9.17, 15) is 0 Å². The van der Waals surface area contributed by atoms with E-state index in [1.54, 1.807) is 0 Å². The van der Waals surface area contributed by atoms with Crippen LogP contribution >= 0.6 is 0 Å². The molecular formula is C32H38N8. The SMILES string of the molecule is CCCCc1nc(CCc2ccccc2)nn1Cc1ccc(-n2c(-c3nn[nH]n3)ccc2C2CCCCC2)cc1. The van der Waals surface area contributed by atoms with E-state index in [0.29, 0.717) is 11.7 Å². The Bertz CT molecular complexity index is 1480. The standard InChI is InChI=1S/C32H38N8/c1-2-3-14-31-33-30(22-17-24-10-6-4-7-11-24)36-39(31)23-25-15-18-27(19-16-25)40-28(26-12-8-5-9-13-26)20-21-29(40)32-34-37-38-35-32/h4,6-7,10-11,15-16,18-21,26H,2-3,5,8-9,12-14,17,22-23H2,1H3,(H,34,35,37,38). The molecule has 1 saturated carbocycles. The molecule has 0 aliphatic heterocycles. The monoisotopic (exact) mass is 534 g/mol. The van der Waals surface area contributed by atoms with Crippen molar-refractivity contribution in [2.45, 2.75) is 83.6 Å². The van der Waals surface area contributed by atoms with E-state index in [4.69, 9.17) is 10.1 Å². The van der Waals surface area contributed by atoms with Crippen molar-refractivity contribution in [3.05, 3.63) is 95.2 Å². The molecular weight excluding hydrogens is 496 g/mol. The number of unbranched alkanes of at least 4 members (excludes halogenated alkanes) is 1. The van der Waals surface area contributed by atoms with Gasteiger partial charge in [0.2, 0.25) is 5.82 Å². The molecule has 0 atom stereocenters. The molecule has 0 unspecified atom stereocenters. The number of benzene rings is 2. The molecule has 6 rings (SSSR count). The minimum absolute atomic E-state index is 0.555. The Labute approximate surface area is 235 Å². The van der Waals surface area contributed by atoms with Gasteiger partial charge in [-0.05, 0) is 72.2 Å². The molecule has 2 aromatic carbocycles. The van der Waals surface area contributed by atoms with Gasteiger partial charge in [-0.25, -0.2) is 9.67 Å². The van der Waals surface area contributed by atoms with Crippen molar-refractivity contribution in [1.29, 1.82) is 0 Å². The number of aromatic nitrogens is 8. The summed E-state index contributed by atoms with van der Waals surface area (Å²) in [5.41, 5.74) is 5.98. The number of tetrazole rings is 1. The minimum atomic E-state index is 0.555. The van der Waals surface area contributed by atoms with Gasteiger partial charge in [0.1, 0.15) is 5.82 Å². The third kappa shape index (κ3) is 5.91. The van der Waals surface area contributed by atoms with Crippen LogP contribution in [0, 0.1) is 0 Å². The fraction of sp³-hybridized carbons (Fsp3) is 0.406. The smallest absolute Gasteiger partial charge is 0.221 e. The molecule has 8 heteroatoms. The quantitative estimate of drug-likeness (QED) is 0.210. The average Bonchev–Trinajstić information content (AvgIpc) is 3.77. The van der Waals surface area contributed by atoms with Crippen LogP contribution in [0.25, 0.3) is 17.2 Å². The second-order valence-electron chi connectivity index (χ2n) is 10.9. The molecule has 1 fully saturated rings. The molecule has 5 aromatic rings. The Morgan fingerprint density at radius 1 is 0.850 bits per heavy atom. The summed E-state index contributed by atoms with van der Waals surface area (Å²) in [6.45, 7) is 2.94. The number of H-pyrrole nitrogens is 1. The fourth-order valence-electron chi connectivity index (χ4n) is 5.91. The first-order valence-electron chi connectivity index (χ1n) is 14.8. The van der Waals surface area contributed by atoms with Crippen molar-refractivity contribution >= 4 is 0 Å². The van der Waals surface area contributed by atoms with E-state index in [-0.39, 0.29) is 0 Å². The average molecular weight is 535 g/mol. The maximum atomic E-state index is 4.95. The van der Waals surface area contributed by atoms with Crippen LogP contribution in [-0.4, -0.2) is 40.0 Å². The van der Waals surface area contributed by atoms with Crippen LogP contribution in [0.4, 0.5) is 0 Å². The lowest BCUT2D eigenvalue weighted by Gasteiger charge is -2.24. The summed E-state index contributed by atoms with van der Waals surface area (Å²) in [4.78, 5) is 4.95. The van der Waals surface area contributed by atoms with Crippen LogP contribution in [0.3, 0.4) is 0 Å². The number of nitrogens with zero attached hydrogens (tertiary/aromatic N) is 7. The van der Waals surface area contributed by atoms with Gasteiger partial charge in [-0.2, -0.15) is 10.3 Å². The van der Waals surface area contributed by atoms with Crippen LogP contribution in [-0.2, 0) is 25.8 Å². The Kier molecular flexibility index (Phi) is 8.12. The van der Waals surface area contributed by atoms with Gasteiger partial charge in [-0.1, -0.05) is 75.1 Å². The van der Waals surface area contributed by atoms with Crippen LogP contribution < -0.4 is 0 Å². The summed E-state index contributed by atoms with van der Waals surface area (Å²) < 4.78 is 4.44. The Balaban J connectivity index is 1.24. The van der Waals surface area contributed by atoms with Gasteiger partial charge in [0, 0.05) is 24.2 Å². The van der Waals surface area contributed by atoms with E-state index in [1.807, 2.05) is 0 Å². The van der Waals surface area contributed by atoms with Crippen molar-refractivity contribution in [2.75, 3.05) is 0 Å². The van der Waals surface area contributed by atoms with Gasteiger partial charge in [0.15, 0.2) is 5.82 Å². The molecule has 0 saturated heterocycles. The van der Waals surface area contributed by atoms with Gasteiger partial charge in [0.25, 0.3) is 0 Å². The lowest BCUT2D eigenvalue weighted by Crippen LogP contribution is -2.11. The van der Waals surface area contributed by atoms with Crippen molar-refractivity contribution in [3.63, 3.8) is 0 Å². The van der Waals surface area contributed by atoms with Crippen molar-refractivity contribution in [3.8, 4) is 17.2 Å². The van der Waals surface area contributed by atoms with Crippen molar-refractivity contribution in [2.24, 2.45) is 0 Å². The number of hydrogen-bond donors (Lipinski definition) is 1. The summed E-state index contributed by atoms with van der Waals surface area (Å²) in [6.07, 6.45) is 11.4. The lowest BCUT2D eigenvalue weighted by atomic mass is 9.87. The maximum Gasteiger partial charge on any atom is 0.221 e. The molecule has 1 N–H and O–H groups in total. The summed E-state index contributed by atoms with van der Waals surface area (Å²) in [5, 5.41) is 19.9.